The van der Waals surface area contributed by atoms with Crippen molar-refractivity contribution in [3.05, 3.63) is 71.3 Å². The first-order valence-electron chi connectivity index (χ1n) is 12.2. The van der Waals surface area contributed by atoms with Gasteiger partial charge in [0.25, 0.3) is 0 Å². The van der Waals surface area contributed by atoms with Crippen LogP contribution >= 0.6 is 0 Å². The van der Waals surface area contributed by atoms with Gasteiger partial charge in [0.1, 0.15) is 21.5 Å². The van der Waals surface area contributed by atoms with E-state index in [1.807, 2.05) is 24.3 Å². The Balaban J connectivity index is 1.44. The first-order valence-corrected chi connectivity index (χ1v) is 14.2. The Morgan fingerprint density at radius 1 is 0.912 bits per heavy atom. The van der Waals surface area contributed by atoms with Crippen molar-refractivity contribution in [2.24, 2.45) is 5.92 Å². The monoisotopic (exact) mass is 493 g/mol. The standard InChI is InChI=1S/C27H37F2NO3S/c1-21(34(2,31)32)5-3-19-33-20-4-16-30-17-14-24(15-18-30)27(22-6-10-25(28)11-7-22)23-8-12-26(29)13-9-23/h6-13,21,24,27H,3-5,14-20H2,1-2H3. The lowest BCUT2D eigenvalue weighted by atomic mass is 9.76. The maximum atomic E-state index is 13.5. The number of likely N-dealkylation sites (tertiary alicyclic amines) is 1. The minimum Gasteiger partial charge on any atom is -0.381 e. The summed E-state index contributed by atoms with van der Waals surface area (Å²) in [5, 5.41) is -0.314. The molecule has 0 bridgehead atoms. The largest absolute Gasteiger partial charge is 0.381 e. The van der Waals surface area contributed by atoms with Gasteiger partial charge >= 0.3 is 0 Å². The summed E-state index contributed by atoms with van der Waals surface area (Å²) in [7, 11) is -2.96. The predicted molar refractivity (Wildman–Crippen MR) is 133 cm³/mol. The average Bonchev–Trinajstić information content (AvgIpc) is 2.81. The molecule has 0 N–H and O–H groups in total. The third-order valence-electron chi connectivity index (χ3n) is 6.96. The van der Waals surface area contributed by atoms with Gasteiger partial charge in [-0.25, -0.2) is 17.2 Å². The van der Waals surface area contributed by atoms with Crippen LogP contribution in [0.25, 0.3) is 0 Å². The van der Waals surface area contributed by atoms with Crippen molar-refractivity contribution < 1.29 is 21.9 Å². The molecule has 2 aromatic rings. The summed E-state index contributed by atoms with van der Waals surface area (Å²) in [5.41, 5.74) is 2.15. The van der Waals surface area contributed by atoms with E-state index in [0.29, 0.717) is 25.6 Å². The summed E-state index contributed by atoms with van der Waals surface area (Å²) >= 11 is 0. The number of benzene rings is 2. The molecule has 1 unspecified atom stereocenters. The van der Waals surface area contributed by atoms with Crippen LogP contribution in [0.4, 0.5) is 8.78 Å². The maximum Gasteiger partial charge on any atom is 0.150 e. The summed E-state index contributed by atoms with van der Waals surface area (Å²) in [6, 6.07) is 13.4. The SMILES string of the molecule is CC(CCCOCCCN1CCC(C(c2ccc(F)cc2)c2ccc(F)cc2)CC1)S(C)(=O)=O. The van der Waals surface area contributed by atoms with Crippen LogP contribution in [0.2, 0.25) is 0 Å². The Morgan fingerprint density at radius 2 is 1.41 bits per heavy atom. The van der Waals surface area contributed by atoms with Crippen LogP contribution in [0.3, 0.4) is 0 Å². The topological polar surface area (TPSA) is 46.6 Å². The summed E-state index contributed by atoms with van der Waals surface area (Å²) in [6.07, 6.45) is 5.69. The highest BCUT2D eigenvalue weighted by atomic mass is 32.2. The first-order chi connectivity index (χ1) is 16.2. The average molecular weight is 494 g/mol. The van der Waals surface area contributed by atoms with Crippen molar-refractivity contribution in [1.29, 1.82) is 0 Å². The second-order valence-electron chi connectivity index (χ2n) is 9.51. The number of sulfone groups is 1. The number of hydrogen-bond acceptors (Lipinski definition) is 4. The molecular formula is C27H37F2NO3S. The van der Waals surface area contributed by atoms with Crippen molar-refractivity contribution in [2.75, 3.05) is 39.1 Å². The second kappa shape index (κ2) is 12.8. The van der Waals surface area contributed by atoms with Crippen LogP contribution in [-0.4, -0.2) is 57.7 Å². The number of rotatable bonds is 12. The molecule has 4 nitrogen and oxygen atoms in total. The highest BCUT2D eigenvalue weighted by Crippen LogP contribution is 2.38. The molecule has 7 heteroatoms. The molecule has 1 atom stereocenters. The van der Waals surface area contributed by atoms with E-state index < -0.39 is 9.84 Å². The van der Waals surface area contributed by atoms with Gasteiger partial charge in [-0.1, -0.05) is 24.3 Å². The molecule has 3 rings (SSSR count). The molecule has 0 spiro atoms. The van der Waals surface area contributed by atoms with Crippen molar-refractivity contribution in [3.8, 4) is 0 Å². The van der Waals surface area contributed by atoms with Crippen LogP contribution in [-0.2, 0) is 14.6 Å². The fraction of sp³-hybridized carbons (Fsp3) is 0.556. The van der Waals surface area contributed by atoms with Gasteiger partial charge in [0.15, 0.2) is 0 Å². The lowest BCUT2D eigenvalue weighted by Gasteiger charge is -2.36. The van der Waals surface area contributed by atoms with E-state index in [1.54, 1.807) is 6.92 Å². The van der Waals surface area contributed by atoms with Gasteiger partial charge in [-0.15, -0.1) is 0 Å². The van der Waals surface area contributed by atoms with Crippen LogP contribution in [0, 0.1) is 17.6 Å². The number of piperidine rings is 1. The third kappa shape index (κ3) is 8.14. The van der Waals surface area contributed by atoms with Crippen molar-refractivity contribution in [2.45, 2.75) is 50.2 Å². The Hall–Kier alpha value is -1.83. The normalized spacial score (nSPS) is 16.7. The molecule has 1 saturated heterocycles. The van der Waals surface area contributed by atoms with Gasteiger partial charge in [-0.2, -0.15) is 0 Å². The Labute approximate surface area is 203 Å². The molecule has 34 heavy (non-hydrogen) atoms. The molecule has 0 saturated carbocycles. The van der Waals surface area contributed by atoms with Gasteiger partial charge in [0.2, 0.25) is 0 Å². The van der Waals surface area contributed by atoms with Gasteiger partial charge < -0.3 is 9.64 Å². The van der Waals surface area contributed by atoms with Crippen molar-refractivity contribution in [3.63, 3.8) is 0 Å². The zero-order valence-corrected chi connectivity index (χ0v) is 21.1. The van der Waals surface area contributed by atoms with Crippen LogP contribution in [0.5, 0.6) is 0 Å². The smallest absolute Gasteiger partial charge is 0.150 e. The van der Waals surface area contributed by atoms with E-state index in [2.05, 4.69) is 4.90 Å². The lowest BCUT2D eigenvalue weighted by molar-refractivity contribution is 0.108. The second-order valence-corrected chi connectivity index (χ2v) is 12.0. The summed E-state index contributed by atoms with van der Waals surface area (Å²) in [6.45, 7) is 5.99. The number of ether oxygens (including phenoxy) is 1. The van der Waals surface area contributed by atoms with Crippen molar-refractivity contribution >= 4 is 9.84 Å². The maximum absolute atomic E-state index is 13.5. The van der Waals surface area contributed by atoms with E-state index in [1.165, 1.54) is 30.5 Å². The number of halogens is 2. The minimum absolute atomic E-state index is 0.126. The molecule has 2 aromatic carbocycles. The van der Waals surface area contributed by atoms with E-state index in [4.69, 9.17) is 4.74 Å². The van der Waals surface area contributed by atoms with Gasteiger partial charge in [0.05, 0.1) is 5.25 Å². The highest BCUT2D eigenvalue weighted by molar-refractivity contribution is 7.91. The zero-order chi connectivity index (χ0) is 24.6. The molecule has 0 aromatic heterocycles. The lowest BCUT2D eigenvalue weighted by Crippen LogP contribution is -2.36. The van der Waals surface area contributed by atoms with Gasteiger partial charge in [0, 0.05) is 31.9 Å². The summed E-state index contributed by atoms with van der Waals surface area (Å²) in [4.78, 5) is 2.46. The predicted octanol–water partition coefficient (Wildman–Crippen LogP) is 5.43. The molecular weight excluding hydrogens is 456 g/mol. The molecule has 188 valence electrons. The molecule has 0 amide bonds. The fourth-order valence-corrected chi connectivity index (χ4v) is 5.36. The minimum atomic E-state index is -2.96. The molecule has 0 aliphatic carbocycles. The first kappa shape index (κ1) is 26.8. The third-order valence-corrected chi connectivity index (χ3v) is 8.65. The van der Waals surface area contributed by atoms with Crippen LogP contribution < -0.4 is 0 Å². The molecule has 1 aliphatic heterocycles. The molecule has 1 fully saturated rings. The summed E-state index contributed by atoms with van der Waals surface area (Å²) in [5.74, 6) is 0.0494. The highest BCUT2D eigenvalue weighted by Gasteiger charge is 2.29. The van der Waals surface area contributed by atoms with E-state index in [9.17, 15) is 17.2 Å². The van der Waals surface area contributed by atoms with E-state index in [0.717, 1.165) is 56.4 Å². The van der Waals surface area contributed by atoms with Crippen molar-refractivity contribution in [1.82, 2.24) is 4.90 Å². The zero-order valence-electron chi connectivity index (χ0n) is 20.3. The van der Waals surface area contributed by atoms with Crippen LogP contribution in [0.1, 0.15) is 56.1 Å². The Morgan fingerprint density at radius 3 is 1.91 bits per heavy atom. The summed E-state index contributed by atoms with van der Waals surface area (Å²) < 4.78 is 55.6. The Kier molecular flexibility index (Phi) is 10.0. The van der Waals surface area contributed by atoms with E-state index in [-0.39, 0.29) is 22.8 Å². The van der Waals surface area contributed by atoms with Gasteiger partial charge in [-0.3, -0.25) is 0 Å². The fourth-order valence-electron chi connectivity index (χ4n) is 4.77. The van der Waals surface area contributed by atoms with Crippen LogP contribution in [0.15, 0.2) is 48.5 Å². The molecule has 1 aliphatic rings. The molecule has 1 heterocycles. The molecule has 0 radical (unpaired) electrons. The van der Waals surface area contributed by atoms with E-state index >= 15 is 0 Å². The number of nitrogens with zero attached hydrogens (tertiary/aromatic N) is 1. The quantitative estimate of drug-likeness (QED) is 0.370. The Bertz CT molecular complexity index is 926. The number of hydrogen-bond donors (Lipinski definition) is 0. The van der Waals surface area contributed by atoms with Gasteiger partial charge in [-0.05, 0) is 93.4 Å².